The van der Waals surface area contributed by atoms with Gasteiger partial charge in [0.25, 0.3) is 0 Å². The Morgan fingerprint density at radius 1 is 1.04 bits per heavy atom. The van der Waals surface area contributed by atoms with E-state index in [1.54, 1.807) is 0 Å². The number of esters is 2. The number of hydrogen-bond acceptors (Lipinski definition) is 6. The summed E-state index contributed by atoms with van der Waals surface area (Å²) in [6.07, 6.45) is 7.98. The van der Waals surface area contributed by atoms with Gasteiger partial charge in [-0.15, -0.1) is 0 Å². The number of ether oxygens (including phenoxy) is 2. The number of ketones is 1. The molecule has 0 aromatic carbocycles. The fourth-order valence-corrected chi connectivity index (χ4v) is 2.72. The number of rotatable bonds is 13. The molecule has 1 heterocycles. The van der Waals surface area contributed by atoms with E-state index in [2.05, 4.69) is 10.1 Å². The number of carbonyl (C=O) groups excluding carboxylic acids is 4. The molecule has 0 radical (unpaired) electrons. The smallest absolute Gasteiger partial charge is 0.328 e. The largest absolute Gasteiger partial charge is 0.469 e. The minimum atomic E-state index is -0.598. The molecule has 1 saturated heterocycles. The minimum Gasteiger partial charge on any atom is -0.469 e. The highest BCUT2D eigenvalue weighted by Gasteiger charge is 2.28. The third kappa shape index (κ3) is 9.84. The van der Waals surface area contributed by atoms with E-state index in [1.807, 2.05) is 0 Å². The predicted octanol–water partition coefficient (Wildman–Crippen LogP) is 2.06. The molecule has 0 aliphatic carbocycles. The molecule has 0 unspecified atom stereocenters. The van der Waals surface area contributed by atoms with Crippen molar-refractivity contribution in [2.75, 3.05) is 13.7 Å². The van der Waals surface area contributed by atoms with Crippen LogP contribution in [0.1, 0.15) is 70.6 Å². The molecular weight excluding hydrogens is 326 g/mol. The van der Waals surface area contributed by atoms with E-state index in [1.165, 1.54) is 7.11 Å². The molecule has 0 bridgehead atoms. The SMILES string of the molecule is COC(=O)CCCCCCCCCC(=O)CC(=O)N[C@H]1CCOC1=O. The van der Waals surface area contributed by atoms with Gasteiger partial charge in [0, 0.05) is 19.3 Å². The Bertz CT molecular complexity index is 462. The lowest BCUT2D eigenvalue weighted by Crippen LogP contribution is -2.38. The molecule has 0 aromatic heterocycles. The number of Topliss-reactive ketones (excluding diaryl/α,β-unsaturated/α-hetero) is 1. The normalized spacial score (nSPS) is 16.4. The summed E-state index contributed by atoms with van der Waals surface area (Å²) in [7, 11) is 1.40. The van der Waals surface area contributed by atoms with Crippen LogP contribution >= 0.6 is 0 Å². The molecule has 1 N–H and O–H groups in total. The second kappa shape index (κ2) is 12.4. The van der Waals surface area contributed by atoms with E-state index < -0.39 is 17.9 Å². The first-order chi connectivity index (χ1) is 12.0. The highest BCUT2D eigenvalue weighted by Crippen LogP contribution is 2.11. The average Bonchev–Trinajstić information content (AvgIpc) is 2.97. The Kier molecular flexibility index (Phi) is 10.5. The molecule has 142 valence electrons. The van der Waals surface area contributed by atoms with Crippen molar-refractivity contribution in [1.82, 2.24) is 5.32 Å². The minimum absolute atomic E-state index is 0.0954. The molecular formula is C18H29NO6. The first-order valence-corrected chi connectivity index (χ1v) is 9.07. The molecule has 1 rings (SSSR count). The standard InChI is InChI=1S/C18H29NO6/c1-24-17(22)10-8-6-4-2-3-5-7-9-14(20)13-16(21)19-15-11-12-25-18(15)23/h15H,2-13H2,1H3,(H,19,21)/t15-/m0/s1. The van der Waals surface area contributed by atoms with E-state index in [4.69, 9.17) is 4.74 Å². The summed E-state index contributed by atoms with van der Waals surface area (Å²) < 4.78 is 9.33. The van der Waals surface area contributed by atoms with Crippen molar-refractivity contribution in [1.29, 1.82) is 0 Å². The maximum atomic E-state index is 11.8. The van der Waals surface area contributed by atoms with Gasteiger partial charge in [-0.25, -0.2) is 4.79 Å². The van der Waals surface area contributed by atoms with Gasteiger partial charge in [-0.05, 0) is 12.8 Å². The third-order valence-corrected chi connectivity index (χ3v) is 4.19. The van der Waals surface area contributed by atoms with Crippen molar-refractivity contribution in [3.63, 3.8) is 0 Å². The first-order valence-electron chi connectivity index (χ1n) is 9.07. The van der Waals surface area contributed by atoms with Gasteiger partial charge in [0.1, 0.15) is 11.8 Å². The van der Waals surface area contributed by atoms with Crippen LogP contribution in [0.4, 0.5) is 0 Å². The Labute approximate surface area is 148 Å². The van der Waals surface area contributed by atoms with Crippen molar-refractivity contribution in [2.24, 2.45) is 0 Å². The van der Waals surface area contributed by atoms with Crippen LogP contribution in [0.2, 0.25) is 0 Å². The third-order valence-electron chi connectivity index (χ3n) is 4.19. The van der Waals surface area contributed by atoms with Crippen LogP contribution in [0.15, 0.2) is 0 Å². The van der Waals surface area contributed by atoms with E-state index >= 15 is 0 Å². The lowest BCUT2D eigenvalue weighted by Gasteiger charge is -2.08. The maximum absolute atomic E-state index is 11.8. The van der Waals surface area contributed by atoms with Crippen LogP contribution in [-0.4, -0.2) is 43.4 Å². The van der Waals surface area contributed by atoms with Gasteiger partial charge in [0.2, 0.25) is 5.91 Å². The zero-order valence-electron chi connectivity index (χ0n) is 15.0. The quantitative estimate of drug-likeness (QED) is 0.308. The molecule has 7 heteroatoms. The fraction of sp³-hybridized carbons (Fsp3) is 0.778. The van der Waals surface area contributed by atoms with E-state index in [9.17, 15) is 19.2 Å². The zero-order valence-corrected chi connectivity index (χ0v) is 15.0. The molecule has 0 aromatic rings. The molecule has 0 saturated carbocycles. The first kappa shape index (κ1) is 21.1. The van der Waals surface area contributed by atoms with Gasteiger partial charge in [-0.2, -0.15) is 0 Å². The van der Waals surface area contributed by atoms with Crippen LogP contribution in [0.5, 0.6) is 0 Å². The van der Waals surface area contributed by atoms with E-state index in [0.29, 0.717) is 25.9 Å². The Morgan fingerprint density at radius 2 is 1.64 bits per heavy atom. The number of methoxy groups -OCH3 is 1. The van der Waals surface area contributed by atoms with Gasteiger partial charge < -0.3 is 14.8 Å². The Morgan fingerprint density at radius 3 is 2.20 bits per heavy atom. The van der Waals surface area contributed by atoms with Gasteiger partial charge >= 0.3 is 11.9 Å². The van der Waals surface area contributed by atoms with Crippen molar-refractivity contribution >= 4 is 23.6 Å². The van der Waals surface area contributed by atoms with Gasteiger partial charge in [0.15, 0.2) is 0 Å². The van der Waals surface area contributed by atoms with Crippen molar-refractivity contribution < 1.29 is 28.7 Å². The highest BCUT2D eigenvalue weighted by atomic mass is 16.5. The number of hydrogen-bond donors (Lipinski definition) is 1. The summed E-state index contributed by atoms with van der Waals surface area (Å²) in [4.78, 5) is 45.6. The Balaban J connectivity index is 1.93. The fourth-order valence-electron chi connectivity index (χ4n) is 2.72. The van der Waals surface area contributed by atoms with Crippen LogP contribution in [0, 0.1) is 0 Å². The number of cyclic esters (lactones) is 1. The molecule has 0 spiro atoms. The van der Waals surface area contributed by atoms with Crippen LogP contribution in [-0.2, 0) is 28.7 Å². The van der Waals surface area contributed by atoms with Crippen molar-refractivity contribution in [3.05, 3.63) is 0 Å². The number of nitrogens with one attached hydrogen (secondary N) is 1. The summed E-state index contributed by atoms with van der Waals surface area (Å²) in [5.74, 6) is -1.08. The van der Waals surface area contributed by atoms with Gasteiger partial charge in [0.05, 0.1) is 20.1 Å². The van der Waals surface area contributed by atoms with Crippen LogP contribution in [0.25, 0.3) is 0 Å². The van der Waals surface area contributed by atoms with Crippen LogP contribution < -0.4 is 5.32 Å². The summed E-state index contributed by atoms with van der Waals surface area (Å²) in [6, 6.07) is -0.598. The molecule has 1 aliphatic heterocycles. The van der Waals surface area contributed by atoms with Gasteiger partial charge in [-0.1, -0.05) is 32.1 Å². The number of carbonyl (C=O) groups is 4. The van der Waals surface area contributed by atoms with E-state index in [0.717, 1.165) is 44.9 Å². The number of amides is 1. The molecule has 25 heavy (non-hydrogen) atoms. The van der Waals surface area contributed by atoms with E-state index in [-0.39, 0.29) is 18.2 Å². The van der Waals surface area contributed by atoms with Crippen LogP contribution in [0.3, 0.4) is 0 Å². The predicted molar refractivity (Wildman–Crippen MR) is 90.7 cm³/mol. The molecule has 1 amide bonds. The molecule has 1 aliphatic rings. The van der Waals surface area contributed by atoms with Crippen molar-refractivity contribution in [2.45, 2.75) is 76.7 Å². The monoisotopic (exact) mass is 355 g/mol. The summed E-state index contributed by atoms with van der Waals surface area (Å²) in [6.45, 7) is 0.320. The maximum Gasteiger partial charge on any atom is 0.328 e. The summed E-state index contributed by atoms with van der Waals surface area (Å²) >= 11 is 0. The Hall–Kier alpha value is -1.92. The second-order valence-corrected chi connectivity index (χ2v) is 6.34. The number of unbranched alkanes of at least 4 members (excludes halogenated alkanes) is 6. The summed E-state index contributed by atoms with van der Waals surface area (Å²) in [5, 5.41) is 2.53. The average molecular weight is 355 g/mol. The lowest BCUT2D eigenvalue weighted by atomic mass is 10.0. The topological polar surface area (TPSA) is 98.8 Å². The second-order valence-electron chi connectivity index (χ2n) is 6.34. The highest BCUT2D eigenvalue weighted by molar-refractivity contribution is 5.99. The molecule has 7 nitrogen and oxygen atoms in total. The lowest BCUT2D eigenvalue weighted by molar-refractivity contribution is -0.142. The van der Waals surface area contributed by atoms with Crippen molar-refractivity contribution in [3.8, 4) is 0 Å². The van der Waals surface area contributed by atoms with Gasteiger partial charge in [-0.3, -0.25) is 14.4 Å². The molecule has 1 fully saturated rings. The summed E-state index contributed by atoms with van der Waals surface area (Å²) in [5.41, 5.74) is 0. The molecule has 1 atom stereocenters. The zero-order chi connectivity index (χ0) is 18.5.